The lowest BCUT2D eigenvalue weighted by atomic mass is 10.0. The standard InChI is InChI=1S/C25H21FN4O5/c1-14(27-28-19-5-6-23-16(10-19)7-8-35-23)22(13-31)30-29-21-12-18(26)11-20(24(21)32)15-3-2-4-17(9-15)25(33)34/h2-6,9-13,28-29,32H,7-8H2,1H3,(H,33,34)/b27-14-,30-22+. The van der Waals surface area contributed by atoms with E-state index in [9.17, 15) is 24.2 Å². The van der Waals surface area contributed by atoms with Crippen molar-refractivity contribution in [1.29, 1.82) is 0 Å². The maximum atomic E-state index is 14.3. The van der Waals surface area contributed by atoms with Crippen LogP contribution in [0.3, 0.4) is 0 Å². The zero-order valence-electron chi connectivity index (χ0n) is 18.6. The monoisotopic (exact) mass is 476 g/mol. The number of fused-ring (bicyclic) bond motifs is 1. The van der Waals surface area contributed by atoms with Crippen molar-refractivity contribution >= 4 is 35.1 Å². The summed E-state index contributed by atoms with van der Waals surface area (Å²) in [6.07, 6.45) is 1.27. The van der Waals surface area contributed by atoms with Gasteiger partial charge in [-0.2, -0.15) is 10.2 Å². The molecule has 9 nitrogen and oxygen atoms in total. The number of carboxylic acids is 1. The molecule has 3 aromatic rings. The molecule has 0 aliphatic carbocycles. The summed E-state index contributed by atoms with van der Waals surface area (Å²) in [7, 11) is 0. The van der Waals surface area contributed by atoms with Gasteiger partial charge in [-0.25, -0.2) is 9.18 Å². The Kier molecular flexibility index (Phi) is 6.72. The number of hydrogen-bond acceptors (Lipinski definition) is 8. The van der Waals surface area contributed by atoms with Gasteiger partial charge < -0.3 is 14.9 Å². The zero-order chi connectivity index (χ0) is 24.9. The minimum absolute atomic E-state index is 0.0165. The quantitative estimate of drug-likeness (QED) is 0.165. The maximum absolute atomic E-state index is 14.3. The van der Waals surface area contributed by atoms with Crippen LogP contribution in [0, 0.1) is 5.82 Å². The molecule has 0 saturated carbocycles. The van der Waals surface area contributed by atoms with E-state index in [4.69, 9.17) is 4.74 Å². The zero-order valence-corrected chi connectivity index (χ0v) is 18.6. The van der Waals surface area contributed by atoms with E-state index >= 15 is 0 Å². The normalized spacial score (nSPS) is 13.1. The Hall–Kier alpha value is -4.73. The van der Waals surface area contributed by atoms with E-state index < -0.39 is 11.8 Å². The number of nitrogens with zero attached hydrogens (tertiary/aromatic N) is 2. The first-order valence-corrected chi connectivity index (χ1v) is 10.6. The van der Waals surface area contributed by atoms with Crippen LogP contribution in [-0.4, -0.2) is 40.5 Å². The maximum Gasteiger partial charge on any atom is 0.335 e. The summed E-state index contributed by atoms with van der Waals surface area (Å²) in [5.74, 6) is -1.38. The number of carbonyl (C=O) groups is 2. The van der Waals surface area contributed by atoms with Crippen molar-refractivity contribution in [2.45, 2.75) is 13.3 Å². The van der Waals surface area contributed by atoms with Crippen molar-refractivity contribution in [2.75, 3.05) is 17.5 Å². The number of nitrogens with one attached hydrogen (secondary N) is 2. The van der Waals surface area contributed by atoms with E-state index in [0.717, 1.165) is 29.9 Å². The van der Waals surface area contributed by atoms with Gasteiger partial charge in [0, 0.05) is 18.1 Å². The Balaban J connectivity index is 1.55. The molecule has 0 unspecified atom stereocenters. The number of carbonyl (C=O) groups excluding carboxylic acids is 1. The van der Waals surface area contributed by atoms with Gasteiger partial charge in [-0.05, 0) is 54.4 Å². The average molecular weight is 476 g/mol. The highest BCUT2D eigenvalue weighted by atomic mass is 19.1. The number of phenolic OH excluding ortho intramolecular Hbond substituents is 1. The second-order valence-electron chi connectivity index (χ2n) is 7.69. The van der Waals surface area contributed by atoms with E-state index in [1.54, 1.807) is 19.1 Å². The molecule has 1 heterocycles. The molecule has 4 rings (SSSR count). The van der Waals surface area contributed by atoms with Crippen LogP contribution in [-0.2, 0) is 11.2 Å². The van der Waals surface area contributed by atoms with Crippen LogP contribution in [0.15, 0.2) is 64.8 Å². The molecular weight excluding hydrogens is 455 g/mol. The van der Waals surface area contributed by atoms with E-state index in [0.29, 0.717) is 24.1 Å². The number of hydrazone groups is 2. The number of ether oxygens (including phenoxy) is 1. The third kappa shape index (κ3) is 5.27. The minimum atomic E-state index is -1.15. The predicted octanol–water partition coefficient (Wildman–Crippen LogP) is 4.29. The number of aromatic carboxylic acids is 1. The van der Waals surface area contributed by atoms with Crippen molar-refractivity contribution in [3.8, 4) is 22.6 Å². The molecular formula is C25H21FN4O5. The largest absolute Gasteiger partial charge is 0.505 e. The van der Waals surface area contributed by atoms with Gasteiger partial charge in [0.25, 0.3) is 0 Å². The van der Waals surface area contributed by atoms with Crippen LogP contribution < -0.4 is 15.6 Å². The number of phenols is 1. The Labute approximate surface area is 199 Å². The number of anilines is 2. The lowest BCUT2D eigenvalue weighted by Crippen LogP contribution is -2.16. The lowest BCUT2D eigenvalue weighted by molar-refractivity contribution is -0.102. The molecule has 178 valence electrons. The Morgan fingerprint density at radius 2 is 1.94 bits per heavy atom. The van der Waals surface area contributed by atoms with Crippen molar-refractivity contribution in [3.63, 3.8) is 0 Å². The third-order valence-corrected chi connectivity index (χ3v) is 5.32. The van der Waals surface area contributed by atoms with Crippen LogP contribution in [0.5, 0.6) is 11.5 Å². The number of hydrogen-bond donors (Lipinski definition) is 4. The van der Waals surface area contributed by atoms with E-state index in [1.165, 1.54) is 18.2 Å². The highest BCUT2D eigenvalue weighted by molar-refractivity contribution is 6.61. The topological polar surface area (TPSA) is 133 Å². The summed E-state index contributed by atoms with van der Waals surface area (Å²) in [6.45, 7) is 2.20. The number of aldehydes is 1. The molecule has 0 spiro atoms. The first-order valence-electron chi connectivity index (χ1n) is 10.6. The van der Waals surface area contributed by atoms with Crippen molar-refractivity contribution < 1.29 is 28.9 Å². The van der Waals surface area contributed by atoms with Gasteiger partial charge in [0.15, 0.2) is 6.29 Å². The number of rotatable bonds is 8. The SMILES string of the molecule is CC(=N/Nc1ccc2c(c1)CCO2)/C(C=O)=N/Nc1cc(F)cc(-c2cccc(C(=O)O)c2)c1O. The second-order valence-corrected chi connectivity index (χ2v) is 7.69. The van der Waals surface area contributed by atoms with Gasteiger partial charge in [-0.1, -0.05) is 12.1 Å². The first kappa shape index (κ1) is 23.4. The predicted molar refractivity (Wildman–Crippen MR) is 130 cm³/mol. The number of benzene rings is 3. The number of carboxylic acid groups (broad SMARTS) is 1. The highest BCUT2D eigenvalue weighted by Gasteiger charge is 2.15. The first-order chi connectivity index (χ1) is 16.9. The molecule has 0 atom stereocenters. The molecule has 0 radical (unpaired) electrons. The fourth-order valence-corrected chi connectivity index (χ4v) is 3.50. The second kappa shape index (κ2) is 10.0. The highest BCUT2D eigenvalue weighted by Crippen LogP contribution is 2.37. The lowest BCUT2D eigenvalue weighted by Gasteiger charge is -2.11. The molecule has 10 heteroatoms. The summed E-state index contributed by atoms with van der Waals surface area (Å²) >= 11 is 0. The number of halogens is 1. The van der Waals surface area contributed by atoms with Gasteiger partial charge >= 0.3 is 5.97 Å². The molecule has 1 aliphatic heterocycles. The molecule has 0 fully saturated rings. The Morgan fingerprint density at radius 3 is 2.71 bits per heavy atom. The molecule has 0 saturated heterocycles. The molecule has 0 aromatic heterocycles. The third-order valence-electron chi connectivity index (χ3n) is 5.32. The fourth-order valence-electron chi connectivity index (χ4n) is 3.50. The van der Waals surface area contributed by atoms with Crippen LogP contribution in [0.25, 0.3) is 11.1 Å². The summed E-state index contributed by atoms with van der Waals surface area (Å²) < 4.78 is 19.8. The summed E-state index contributed by atoms with van der Waals surface area (Å²) in [5.41, 5.74) is 7.51. The smallest absolute Gasteiger partial charge is 0.335 e. The van der Waals surface area contributed by atoms with Crippen molar-refractivity contribution in [3.05, 3.63) is 71.5 Å². The van der Waals surface area contributed by atoms with Gasteiger partial charge in [0.05, 0.1) is 23.6 Å². The molecule has 4 N–H and O–H groups in total. The van der Waals surface area contributed by atoms with Gasteiger partial charge in [-0.15, -0.1) is 0 Å². The van der Waals surface area contributed by atoms with Gasteiger partial charge in [-0.3, -0.25) is 15.6 Å². The molecule has 1 aliphatic rings. The molecule has 35 heavy (non-hydrogen) atoms. The molecule has 0 amide bonds. The van der Waals surface area contributed by atoms with E-state index in [-0.39, 0.29) is 34.0 Å². The van der Waals surface area contributed by atoms with Gasteiger partial charge in [0.2, 0.25) is 0 Å². The van der Waals surface area contributed by atoms with Crippen LogP contribution in [0.1, 0.15) is 22.8 Å². The summed E-state index contributed by atoms with van der Waals surface area (Å²) in [6, 6.07) is 13.3. The summed E-state index contributed by atoms with van der Waals surface area (Å²) in [4.78, 5) is 22.8. The molecule has 0 bridgehead atoms. The van der Waals surface area contributed by atoms with Crippen LogP contribution in [0.2, 0.25) is 0 Å². The van der Waals surface area contributed by atoms with Crippen LogP contribution >= 0.6 is 0 Å². The average Bonchev–Trinajstić information content (AvgIpc) is 3.33. The van der Waals surface area contributed by atoms with E-state index in [1.807, 2.05) is 12.1 Å². The van der Waals surface area contributed by atoms with Crippen molar-refractivity contribution in [1.82, 2.24) is 0 Å². The number of aromatic hydroxyl groups is 1. The Morgan fingerprint density at radius 1 is 1.11 bits per heavy atom. The Bertz CT molecular complexity index is 1370. The van der Waals surface area contributed by atoms with Crippen molar-refractivity contribution in [2.24, 2.45) is 10.2 Å². The fraction of sp³-hybridized carbons (Fsp3) is 0.120. The summed E-state index contributed by atoms with van der Waals surface area (Å²) in [5, 5.41) is 28.0. The van der Waals surface area contributed by atoms with Crippen LogP contribution in [0.4, 0.5) is 15.8 Å². The van der Waals surface area contributed by atoms with E-state index in [2.05, 4.69) is 21.1 Å². The molecule has 3 aromatic carbocycles. The van der Waals surface area contributed by atoms with Gasteiger partial charge in [0.1, 0.15) is 28.7 Å². The minimum Gasteiger partial charge on any atom is -0.505 e.